The number of thiocarbonyl (C=S) groups is 1. The molecular formula is C21H19F3N2OS2. The smallest absolute Gasteiger partial charge is 0.372 e. The minimum absolute atomic E-state index is 0.114. The summed E-state index contributed by atoms with van der Waals surface area (Å²) >= 11 is 6.34. The van der Waals surface area contributed by atoms with Crippen molar-refractivity contribution in [3.05, 3.63) is 64.6 Å². The molecule has 152 valence electrons. The van der Waals surface area contributed by atoms with E-state index in [4.69, 9.17) is 12.2 Å². The molecule has 29 heavy (non-hydrogen) atoms. The van der Waals surface area contributed by atoms with Gasteiger partial charge in [-0.1, -0.05) is 42.2 Å². The van der Waals surface area contributed by atoms with Crippen LogP contribution in [-0.2, 0) is 11.0 Å². The summed E-state index contributed by atoms with van der Waals surface area (Å²) in [7, 11) is 0. The summed E-state index contributed by atoms with van der Waals surface area (Å²) < 4.78 is 39.2. The Bertz CT molecular complexity index is 951. The molecule has 1 amide bonds. The predicted molar refractivity (Wildman–Crippen MR) is 117 cm³/mol. The van der Waals surface area contributed by atoms with Gasteiger partial charge in [0.1, 0.15) is 0 Å². The maximum Gasteiger partial charge on any atom is 0.416 e. The van der Waals surface area contributed by atoms with Gasteiger partial charge in [0.2, 0.25) is 0 Å². The van der Waals surface area contributed by atoms with Gasteiger partial charge in [0, 0.05) is 18.8 Å². The SMILES string of the molecule is CCN(CC)c1ccc(/C=C2\SC(=S)N(c3cccc(C(F)(F)F)c3)C2=O)cc1. The summed E-state index contributed by atoms with van der Waals surface area (Å²) in [5.74, 6) is -0.424. The van der Waals surface area contributed by atoms with E-state index >= 15 is 0 Å². The van der Waals surface area contributed by atoms with Gasteiger partial charge >= 0.3 is 6.18 Å². The maximum absolute atomic E-state index is 13.0. The molecule has 0 saturated carbocycles. The highest BCUT2D eigenvalue weighted by atomic mass is 32.2. The Hall–Kier alpha value is -2.32. The van der Waals surface area contributed by atoms with E-state index in [0.29, 0.717) is 4.91 Å². The molecule has 1 aliphatic heterocycles. The van der Waals surface area contributed by atoms with Crippen molar-refractivity contribution >= 4 is 51.7 Å². The molecule has 0 bridgehead atoms. The number of rotatable bonds is 5. The lowest BCUT2D eigenvalue weighted by molar-refractivity contribution is -0.137. The minimum atomic E-state index is -4.49. The third-order valence-electron chi connectivity index (χ3n) is 4.54. The fourth-order valence-electron chi connectivity index (χ4n) is 3.03. The molecule has 0 unspecified atom stereocenters. The fraction of sp³-hybridized carbons (Fsp3) is 0.238. The summed E-state index contributed by atoms with van der Waals surface area (Å²) in [6.45, 7) is 5.95. The Balaban J connectivity index is 1.85. The van der Waals surface area contributed by atoms with Crippen LogP contribution in [0.4, 0.5) is 24.5 Å². The Morgan fingerprint density at radius 3 is 2.34 bits per heavy atom. The third-order valence-corrected chi connectivity index (χ3v) is 5.85. The maximum atomic E-state index is 13.0. The van der Waals surface area contributed by atoms with Crippen molar-refractivity contribution in [1.29, 1.82) is 0 Å². The molecule has 3 rings (SSSR count). The van der Waals surface area contributed by atoms with Crippen LogP contribution in [-0.4, -0.2) is 23.3 Å². The van der Waals surface area contributed by atoms with Crippen molar-refractivity contribution in [2.75, 3.05) is 22.9 Å². The summed E-state index contributed by atoms with van der Waals surface area (Å²) in [6.07, 6.45) is -2.78. The monoisotopic (exact) mass is 436 g/mol. The number of hydrogen-bond acceptors (Lipinski definition) is 4. The molecule has 0 aromatic heterocycles. The van der Waals surface area contributed by atoms with E-state index in [1.807, 2.05) is 24.3 Å². The van der Waals surface area contributed by atoms with E-state index in [0.717, 1.165) is 53.1 Å². The highest BCUT2D eigenvalue weighted by molar-refractivity contribution is 8.27. The average Bonchev–Trinajstić information content (AvgIpc) is 2.96. The van der Waals surface area contributed by atoms with Crippen molar-refractivity contribution < 1.29 is 18.0 Å². The van der Waals surface area contributed by atoms with Gasteiger partial charge < -0.3 is 4.90 Å². The summed E-state index contributed by atoms with van der Waals surface area (Å²) in [6, 6.07) is 12.4. The van der Waals surface area contributed by atoms with E-state index in [-0.39, 0.29) is 10.0 Å². The number of nitrogens with zero attached hydrogens (tertiary/aromatic N) is 2. The van der Waals surface area contributed by atoms with Gasteiger partial charge in [-0.15, -0.1) is 0 Å². The molecule has 1 fully saturated rings. The normalized spacial score (nSPS) is 16.0. The summed E-state index contributed by atoms with van der Waals surface area (Å²) in [5, 5.41) is 0. The van der Waals surface area contributed by atoms with Crippen LogP contribution in [0.15, 0.2) is 53.4 Å². The van der Waals surface area contributed by atoms with Gasteiger partial charge in [-0.2, -0.15) is 13.2 Å². The fourth-order valence-corrected chi connectivity index (χ4v) is 4.33. The van der Waals surface area contributed by atoms with Crippen LogP contribution in [0.1, 0.15) is 25.0 Å². The minimum Gasteiger partial charge on any atom is -0.372 e. The molecule has 3 nitrogen and oxygen atoms in total. The molecule has 1 aliphatic rings. The van der Waals surface area contributed by atoms with Crippen LogP contribution in [0.5, 0.6) is 0 Å². The standard InChI is InChI=1S/C21H19F3N2OS2/c1-3-25(4-2)16-10-8-14(9-11-16)12-18-19(27)26(20(28)29-18)17-7-5-6-15(13-17)21(22,23)24/h5-13H,3-4H2,1-2H3/b18-12-. The quantitative estimate of drug-likeness (QED) is 0.426. The van der Waals surface area contributed by atoms with Gasteiger partial charge in [-0.3, -0.25) is 9.69 Å². The van der Waals surface area contributed by atoms with Gasteiger partial charge in [0.15, 0.2) is 4.32 Å². The lowest BCUT2D eigenvalue weighted by Crippen LogP contribution is -2.27. The molecule has 2 aromatic carbocycles. The van der Waals surface area contributed by atoms with Crippen LogP contribution < -0.4 is 9.80 Å². The van der Waals surface area contributed by atoms with Crippen molar-refractivity contribution in [1.82, 2.24) is 0 Å². The zero-order valence-electron chi connectivity index (χ0n) is 15.9. The lowest BCUT2D eigenvalue weighted by atomic mass is 10.1. The first kappa shape index (κ1) is 21.4. The van der Waals surface area contributed by atoms with E-state index in [1.54, 1.807) is 6.08 Å². The molecule has 0 atom stereocenters. The van der Waals surface area contributed by atoms with Crippen LogP contribution in [0.25, 0.3) is 6.08 Å². The summed E-state index contributed by atoms with van der Waals surface area (Å²) in [5.41, 5.74) is 1.21. The second kappa shape index (κ2) is 8.59. The second-order valence-electron chi connectivity index (χ2n) is 6.33. The van der Waals surface area contributed by atoms with Gasteiger partial charge in [-0.25, -0.2) is 0 Å². The molecule has 0 radical (unpaired) electrons. The molecule has 0 N–H and O–H groups in total. The van der Waals surface area contributed by atoms with Crippen LogP contribution in [0.3, 0.4) is 0 Å². The van der Waals surface area contributed by atoms with Crippen LogP contribution in [0, 0.1) is 0 Å². The zero-order valence-corrected chi connectivity index (χ0v) is 17.5. The van der Waals surface area contributed by atoms with Crippen molar-refractivity contribution in [3.8, 4) is 0 Å². The predicted octanol–water partition coefficient (Wildman–Crippen LogP) is 5.96. The Labute approximate surface area is 177 Å². The van der Waals surface area contributed by atoms with E-state index in [1.165, 1.54) is 12.1 Å². The number of alkyl halides is 3. The number of hydrogen-bond donors (Lipinski definition) is 0. The molecule has 0 aliphatic carbocycles. The van der Waals surface area contributed by atoms with Gasteiger partial charge in [0.05, 0.1) is 16.2 Å². The highest BCUT2D eigenvalue weighted by Gasteiger charge is 2.36. The summed E-state index contributed by atoms with van der Waals surface area (Å²) in [4.78, 5) is 16.5. The van der Waals surface area contributed by atoms with Crippen molar-refractivity contribution in [2.24, 2.45) is 0 Å². The topological polar surface area (TPSA) is 23.6 Å². The van der Waals surface area contributed by atoms with Crippen LogP contribution in [0.2, 0.25) is 0 Å². The number of carbonyl (C=O) groups is 1. The molecule has 8 heteroatoms. The lowest BCUT2D eigenvalue weighted by Gasteiger charge is -2.20. The van der Waals surface area contributed by atoms with Gasteiger partial charge in [-0.05, 0) is 55.8 Å². The van der Waals surface area contributed by atoms with E-state index < -0.39 is 17.6 Å². The van der Waals surface area contributed by atoms with Gasteiger partial charge in [0.25, 0.3) is 5.91 Å². The largest absolute Gasteiger partial charge is 0.416 e. The number of anilines is 2. The average molecular weight is 437 g/mol. The second-order valence-corrected chi connectivity index (χ2v) is 8.00. The number of benzene rings is 2. The Morgan fingerprint density at radius 1 is 1.10 bits per heavy atom. The first-order chi connectivity index (χ1) is 13.7. The Kier molecular flexibility index (Phi) is 6.33. The zero-order chi connectivity index (χ0) is 21.2. The molecule has 0 spiro atoms. The molecular weight excluding hydrogens is 417 g/mol. The molecule has 1 saturated heterocycles. The first-order valence-electron chi connectivity index (χ1n) is 9.04. The Morgan fingerprint density at radius 2 is 1.76 bits per heavy atom. The number of amides is 1. The van der Waals surface area contributed by atoms with Crippen molar-refractivity contribution in [2.45, 2.75) is 20.0 Å². The number of thioether (sulfide) groups is 1. The number of halogens is 3. The van der Waals surface area contributed by atoms with E-state index in [2.05, 4.69) is 18.7 Å². The highest BCUT2D eigenvalue weighted by Crippen LogP contribution is 2.38. The molecule has 1 heterocycles. The van der Waals surface area contributed by atoms with Crippen LogP contribution >= 0.6 is 24.0 Å². The van der Waals surface area contributed by atoms with E-state index in [9.17, 15) is 18.0 Å². The van der Waals surface area contributed by atoms with Crippen molar-refractivity contribution in [3.63, 3.8) is 0 Å². The third kappa shape index (κ3) is 4.64. The number of carbonyl (C=O) groups excluding carboxylic acids is 1. The first-order valence-corrected chi connectivity index (χ1v) is 10.3. The molecule has 2 aromatic rings.